The zero-order valence-electron chi connectivity index (χ0n) is 8.77. The van der Waals surface area contributed by atoms with Gasteiger partial charge in [0.2, 0.25) is 0 Å². The minimum absolute atomic E-state index is 0.224. The normalized spacial score (nSPS) is 15.1. The van der Waals surface area contributed by atoms with Crippen LogP contribution in [-0.4, -0.2) is 23.2 Å². The number of nitrogens with one attached hydrogen (secondary N) is 1. The van der Waals surface area contributed by atoms with Gasteiger partial charge in [-0.3, -0.25) is 4.98 Å². The van der Waals surface area contributed by atoms with E-state index in [0.29, 0.717) is 5.92 Å². The number of aromatic nitrogens is 1. The molecule has 0 aliphatic heterocycles. The van der Waals surface area contributed by atoms with E-state index in [4.69, 9.17) is 5.11 Å². The summed E-state index contributed by atoms with van der Waals surface area (Å²) >= 11 is 0. The summed E-state index contributed by atoms with van der Waals surface area (Å²) in [6, 6.07) is 6.13. The van der Waals surface area contributed by atoms with Crippen LogP contribution in [-0.2, 0) is 0 Å². The fourth-order valence-corrected chi connectivity index (χ4v) is 1.18. The molecule has 0 aliphatic rings. The molecule has 0 saturated heterocycles. The standard InChI is InChI=1S/C11H18N2O/c1-9(8-14)7-13-10(2)11-5-3-4-6-12-11/h3-6,9-10,13-14H,7-8H2,1-2H3. The van der Waals surface area contributed by atoms with Crippen molar-refractivity contribution in [3.8, 4) is 0 Å². The molecule has 0 fully saturated rings. The van der Waals surface area contributed by atoms with Crippen LogP contribution in [0, 0.1) is 5.92 Å². The molecule has 0 saturated carbocycles. The van der Waals surface area contributed by atoms with Crippen LogP contribution in [0.5, 0.6) is 0 Å². The van der Waals surface area contributed by atoms with Gasteiger partial charge >= 0.3 is 0 Å². The van der Waals surface area contributed by atoms with Gasteiger partial charge in [-0.05, 0) is 25.0 Å². The summed E-state index contributed by atoms with van der Waals surface area (Å²) in [7, 11) is 0. The van der Waals surface area contributed by atoms with Crippen molar-refractivity contribution >= 4 is 0 Å². The van der Waals surface area contributed by atoms with Crippen molar-refractivity contribution in [2.75, 3.05) is 13.2 Å². The van der Waals surface area contributed by atoms with Crippen molar-refractivity contribution in [2.45, 2.75) is 19.9 Å². The molecule has 0 amide bonds. The first-order valence-electron chi connectivity index (χ1n) is 4.99. The summed E-state index contributed by atoms with van der Waals surface area (Å²) in [6.07, 6.45) is 1.79. The van der Waals surface area contributed by atoms with Crippen LogP contribution in [0.2, 0.25) is 0 Å². The van der Waals surface area contributed by atoms with Gasteiger partial charge in [-0.1, -0.05) is 13.0 Å². The van der Waals surface area contributed by atoms with E-state index in [1.807, 2.05) is 25.1 Å². The van der Waals surface area contributed by atoms with E-state index in [9.17, 15) is 0 Å². The summed E-state index contributed by atoms with van der Waals surface area (Å²) in [6.45, 7) is 5.13. The molecule has 1 rings (SSSR count). The fourth-order valence-electron chi connectivity index (χ4n) is 1.18. The van der Waals surface area contributed by atoms with Gasteiger partial charge < -0.3 is 10.4 Å². The van der Waals surface area contributed by atoms with Gasteiger partial charge in [0.25, 0.3) is 0 Å². The van der Waals surface area contributed by atoms with E-state index < -0.39 is 0 Å². The van der Waals surface area contributed by atoms with E-state index in [1.165, 1.54) is 0 Å². The molecule has 0 aromatic carbocycles. The summed E-state index contributed by atoms with van der Waals surface area (Å²) < 4.78 is 0. The lowest BCUT2D eigenvalue weighted by atomic mass is 10.1. The van der Waals surface area contributed by atoms with Crippen LogP contribution in [0.4, 0.5) is 0 Å². The van der Waals surface area contributed by atoms with Crippen LogP contribution >= 0.6 is 0 Å². The van der Waals surface area contributed by atoms with E-state index in [-0.39, 0.29) is 12.6 Å². The highest BCUT2D eigenvalue weighted by Crippen LogP contribution is 2.07. The Hall–Kier alpha value is -0.930. The Bertz CT molecular complexity index is 251. The van der Waals surface area contributed by atoms with Gasteiger partial charge in [-0.2, -0.15) is 0 Å². The van der Waals surface area contributed by atoms with Crippen LogP contribution in [0.25, 0.3) is 0 Å². The first-order valence-corrected chi connectivity index (χ1v) is 4.99. The zero-order valence-corrected chi connectivity index (χ0v) is 8.77. The van der Waals surface area contributed by atoms with Gasteiger partial charge in [0.05, 0.1) is 5.69 Å². The lowest BCUT2D eigenvalue weighted by Crippen LogP contribution is -2.26. The molecule has 2 atom stereocenters. The van der Waals surface area contributed by atoms with Crippen molar-refractivity contribution in [3.63, 3.8) is 0 Å². The number of hydrogen-bond acceptors (Lipinski definition) is 3. The van der Waals surface area contributed by atoms with Crippen LogP contribution < -0.4 is 5.32 Å². The van der Waals surface area contributed by atoms with Gasteiger partial charge in [0.1, 0.15) is 0 Å². The highest BCUT2D eigenvalue weighted by atomic mass is 16.3. The van der Waals surface area contributed by atoms with E-state index >= 15 is 0 Å². The number of rotatable bonds is 5. The zero-order chi connectivity index (χ0) is 10.4. The number of hydrogen-bond donors (Lipinski definition) is 2. The Kier molecular flexibility index (Phi) is 4.56. The van der Waals surface area contributed by atoms with Gasteiger partial charge in [-0.25, -0.2) is 0 Å². The van der Waals surface area contributed by atoms with Crippen LogP contribution in [0.15, 0.2) is 24.4 Å². The van der Waals surface area contributed by atoms with Crippen molar-refractivity contribution in [3.05, 3.63) is 30.1 Å². The number of nitrogens with zero attached hydrogens (tertiary/aromatic N) is 1. The first-order chi connectivity index (χ1) is 6.74. The topological polar surface area (TPSA) is 45.1 Å². The van der Waals surface area contributed by atoms with Gasteiger partial charge in [0.15, 0.2) is 0 Å². The second kappa shape index (κ2) is 5.73. The number of pyridine rings is 1. The van der Waals surface area contributed by atoms with Gasteiger partial charge in [0, 0.05) is 25.4 Å². The van der Waals surface area contributed by atoms with E-state index in [1.54, 1.807) is 6.20 Å². The molecule has 0 aliphatic carbocycles. The molecule has 1 aromatic rings. The summed E-state index contributed by atoms with van der Waals surface area (Å²) in [5, 5.41) is 12.2. The minimum Gasteiger partial charge on any atom is -0.396 e. The van der Waals surface area contributed by atoms with Crippen molar-refractivity contribution in [1.29, 1.82) is 0 Å². The Morgan fingerprint density at radius 3 is 2.79 bits per heavy atom. The third-order valence-electron chi connectivity index (χ3n) is 2.22. The second-order valence-electron chi connectivity index (χ2n) is 3.67. The predicted octanol–water partition coefficient (Wildman–Crippen LogP) is 1.36. The lowest BCUT2D eigenvalue weighted by molar-refractivity contribution is 0.230. The Balaban J connectivity index is 2.39. The first kappa shape index (κ1) is 11.1. The molecule has 1 aromatic heterocycles. The summed E-state index contributed by atoms with van der Waals surface area (Å²) in [5.74, 6) is 0.293. The average Bonchev–Trinajstić information content (AvgIpc) is 2.26. The van der Waals surface area contributed by atoms with Crippen LogP contribution in [0.3, 0.4) is 0 Å². The van der Waals surface area contributed by atoms with Crippen molar-refractivity contribution in [2.24, 2.45) is 5.92 Å². The van der Waals surface area contributed by atoms with Gasteiger partial charge in [-0.15, -0.1) is 0 Å². The largest absolute Gasteiger partial charge is 0.396 e. The minimum atomic E-state index is 0.224. The Morgan fingerprint density at radius 1 is 1.43 bits per heavy atom. The fraction of sp³-hybridized carbons (Fsp3) is 0.545. The molecule has 1 heterocycles. The molecular weight excluding hydrogens is 176 g/mol. The lowest BCUT2D eigenvalue weighted by Gasteiger charge is -2.15. The maximum atomic E-state index is 8.86. The summed E-state index contributed by atoms with van der Waals surface area (Å²) in [4.78, 5) is 4.26. The molecule has 78 valence electrons. The molecule has 3 heteroatoms. The highest BCUT2D eigenvalue weighted by molar-refractivity contribution is 5.07. The summed E-state index contributed by atoms with van der Waals surface area (Å²) in [5.41, 5.74) is 1.04. The number of aliphatic hydroxyl groups is 1. The van der Waals surface area contributed by atoms with E-state index in [2.05, 4.69) is 17.2 Å². The SMILES string of the molecule is CC(CO)CNC(C)c1ccccn1. The maximum absolute atomic E-state index is 8.86. The molecule has 0 radical (unpaired) electrons. The molecule has 0 bridgehead atoms. The molecule has 3 nitrogen and oxygen atoms in total. The monoisotopic (exact) mass is 194 g/mol. The van der Waals surface area contributed by atoms with E-state index in [0.717, 1.165) is 12.2 Å². The molecule has 2 unspecified atom stereocenters. The third-order valence-corrected chi connectivity index (χ3v) is 2.22. The van der Waals surface area contributed by atoms with Crippen molar-refractivity contribution in [1.82, 2.24) is 10.3 Å². The van der Waals surface area contributed by atoms with Crippen molar-refractivity contribution < 1.29 is 5.11 Å². The maximum Gasteiger partial charge on any atom is 0.0570 e. The quantitative estimate of drug-likeness (QED) is 0.744. The molecule has 0 spiro atoms. The molecular formula is C11H18N2O. The second-order valence-corrected chi connectivity index (χ2v) is 3.67. The Morgan fingerprint density at radius 2 is 2.21 bits per heavy atom. The van der Waals surface area contributed by atoms with Crippen LogP contribution in [0.1, 0.15) is 25.6 Å². The predicted molar refractivity (Wildman–Crippen MR) is 56.9 cm³/mol. The third kappa shape index (κ3) is 3.44. The highest BCUT2D eigenvalue weighted by Gasteiger charge is 2.06. The number of aliphatic hydroxyl groups excluding tert-OH is 1. The smallest absolute Gasteiger partial charge is 0.0570 e. The molecule has 14 heavy (non-hydrogen) atoms. The molecule has 2 N–H and O–H groups in total. The average molecular weight is 194 g/mol. The Labute approximate surface area is 85.2 Å².